The largest absolute Gasteiger partial charge is 0.316 e. The zero-order valence-electron chi connectivity index (χ0n) is 11.9. The Kier molecular flexibility index (Phi) is 3.93. The minimum Gasteiger partial charge on any atom is -0.316 e. The summed E-state index contributed by atoms with van der Waals surface area (Å²) in [5, 5.41) is 4.10. The first-order valence-electron chi connectivity index (χ1n) is 7.15. The molecule has 1 saturated heterocycles. The third kappa shape index (κ3) is 2.92. The number of hydrogen-bond acceptors (Lipinski definition) is 4. The number of piperidine rings is 1. The molecule has 112 valence electrons. The van der Waals surface area contributed by atoms with Crippen LogP contribution >= 0.6 is 0 Å². The highest BCUT2D eigenvalue weighted by atomic mass is 32.2. The van der Waals surface area contributed by atoms with Gasteiger partial charge in [-0.1, -0.05) is 25.1 Å². The maximum Gasteiger partial charge on any atom is 0.242 e. The van der Waals surface area contributed by atoms with E-state index < -0.39 is 10.0 Å². The molecule has 3 rings (SSSR count). The quantitative estimate of drug-likeness (QED) is 0.902. The summed E-state index contributed by atoms with van der Waals surface area (Å²) in [5.41, 5.74) is 0.522. The summed E-state index contributed by atoms with van der Waals surface area (Å²) < 4.78 is 28.2. The zero-order chi connectivity index (χ0) is 14.9. The van der Waals surface area contributed by atoms with Crippen molar-refractivity contribution in [1.82, 2.24) is 15.0 Å². The maximum atomic E-state index is 12.7. The summed E-state index contributed by atoms with van der Waals surface area (Å²) in [4.78, 5) is 4.48. The Morgan fingerprint density at radius 1 is 1.29 bits per heavy atom. The smallest absolute Gasteiger partial charge is 0.242 e. The van der Waals surface area contributed by atoms with E-state index in [1.165, 1.54) is 0 Å². The topological polar surface area (TPSA) is 71.1 Å². The molecule has 1 aromatic carbocycles. The average molecular weight is 305 g/mol. The SMILES string of the molecule is CC1CNCCC1NS(=O)(=O)c1cccc2cccnc12. The lowest BCUT2D eigenvalue weighted by Crippen LogP contribution is -2.48. The Morgan fingerprint density at radius 2 is 2.10 bits per heavy atom. The van der Waals surface area contributed by atoms with Crippen LogP contribution in [0, 0.1) is 5.92 Å². The van der Waals surface area contributed by atoms with Gasteiger partial charge in [0.05, 0.1) is 5.52 Å². The van der Waals surface area contributed by atoms with Gasteiger partial charge in [-0.3, -0.25) is 4.98 Å². The molecular weight excluding hydrogens is 286 g/mol. The predicted molar refractivity (Wildman–Crippen MR) is 82.5 cm³/mol. The van der Waals surface area contributed by atoms with Crippen LogP contribution in [0.5, 0.6) is 0 Å². The molecule has 0 amide bonds. The van der Waals surface area contributed by atoms with Gasteiger partial charge in [-0.05, 0) is 37.6 Å². The molecule has 2 heterocycles. The first-order valence-corrected chi connectivity index (χ1v) is 8.63. The number of pyridine rings is 1. The van der Waals surface area contributed by atoms with Crippen molar-refractivity contribution in [2.24, 2.45) is 5.92 Å². The van der Waals surface area contributed by atoms with E-state index in [0.29, 0.717) is 5.52 Å². The van der Waals surface area contributed by atoms with E-state index in [4.69, 9.17) is 0 Å². The molecule has 2 aromatic rings. The Balaban J connectivity index is 1.97. The van der Waals surface area contributed by atoms with Crippen molar-refractivity contribution in [2.45, 2.75) is 24.3 Å². The van der Waals surface area contributed by atoms with Gasteiger partial charge in [-0.2, -0.15) is 0 Å². The van der Waals surface area contributed by atoms with Crippen LogP contribution in [0.2, 0.25) is 0 Å². The molecule has 2 N–H and O–H groups in total. The van der Waals surface area contributed by atoms with Crippen molar-refractivity contribution in [2.75, 3.05) is 13.1 Å². The number of sulfonamides is 1. The van der Waals surface area contributed by atoms with Crippen LogP contribution in [0.1, 0.15) is 13.3 Å². The van der Waals surface area contributed by atoms with E-state index >= 15 is 0 Å². The number of fused-ring (bicyclic) bond motifs is 1. The maximum absolute atomic E-state index is 12.7. The second-order valence-corrected chi connectivity index (χ2v) is 7.21. The van der Waals surface area contributed by atoms with Crippen molar-refractivity contribution in [1.29, 1.82) is 0 Å². The number of aromatic nitrogens is 1. The highest BCUT2D eigenvalue weighted by Crippen LogP contribution is 2.22. The summed E-state index contributed by atoms with van der Waals surface area (Å²) in [5.74, 6) is 0.275. The van der Waals surface area contributed by atoms with Crippen LogP contribution in [0.4, 0.5) is 0 Å². The number of para-hydroxylation sites is 1. The highest BCUT2D eigenvalue weighted by molar-refractivity contribution is 7.89. The summed E-state index contributed by atoms with van der Waals surface area (Å²) in [6, 6.07) is 8.88. The number of rotatable bonds is 3. The lowest BCUT2D eigenvalue weighted by Gasteiger charge is -2.30. The van der Waals surface area contributed by atoms with Crippen LogP contribution in [-0.2, 0) is 10.0 Å². The zero-order valence-corrected chi connectivity index (χ0v) is 12.7. The molecule has 5 nitrogen and oxygen atoms in total. The summed E-state index contributed by atoms with van der Waals surface area (Å²) in [7, 11) is -3.56. The second kappa shape index (κ2) is 5.71. The first-order chi connectivity index (χ1) is 10.1. The van der Waals surface area contributed by atoms with E-state index in [2.05, 4.69) is 21.9 Å². The van der Waals surface area contributed by atoms with E-state index in [0.717, 1.165) is 24.9 Å². The molecule has 1 aromatic heterocycles. The molecule has 2 unspecified atom stereocenters. The number of nitrogens with zero attached hydrogens (tertiary/aromatic N) is 1. The Morgan fingerprint density at radius 3 is 2.90 bits per heavy atom. The van der Waals surface area contributed by atoms with Gasteiger partial charge in [0.1, 0.15) is 4.90 Å². The summed E-state index contributed by atoms with van der Waals surface area (Å²) >= 11 is 0. The fourth-order valence-electron chi connectivity index (χ4n) is 2.74. The molecule has 0 saturated carbocycles. The van der Waals surface area contributed by atoms with Crippen LogP contribution in [0.3, 0.4) is 0 Å². The van der Waals surface area contributed by atoms with Crippen molar-refractivity contribution >= 4 is 20.9 Å². The molecule has 21 heavy (non-hydrogen) atoms. The van der Waals surface area contributed by atoms with E-state index in [-0.39, 0.29) is 16.9 Å². The molecule has 0 spiro atoms. The highest BCUT2D eigenvalue weighted by Gasteiger charge is 2.27. The lowest BCUT2D eigenvalue weighted by molar-refractivity contribution is 0.328. The Bertz CT molecular complexity index is 740. The van der Waals surface area contributed by atoms with E-state index in [1.807, 2.05) is 12.1 Å². The molecular formula is C15H19N3O2S. The minimum atomic E-state index is -3.56. The molecule has 0 aliphatic carbocycles. The van der Waals surface area contributed by atoms with Crippen LogP contribution in [0.15, 0.2) is 41.4 Å². The lowest BCUT2D eigenvalue weighted by atomic mass is 9.97. The first kappa shape index (κ1) is 14.4. The third-order valence-corrected chi connectivity index (χ3v) is 5.50. The van der Waals surface area contributed by atoms with Gasteiger partial charge in [0.15, 0.2) is 0 Å². The van der Waals surface area contributed by atoms with E-state index in [1.54, 1.807) is 24.4 Å². The number of benzene rings is 1. The van der Waals surface area contributed by atoms with Gasteiger partial charge in [0.2, 0.25) is 10.0 Å². The average Bonchev–Trinajstić information content (AvgIpc) is 2.49. The number of nitrogens with one attached hydrogen (secondary N) is 2. The molecule has 0 bridgehead atoms. The monoisotopic (exact) mass is 305 g/mol. The van der Waals surface area contributed by atoms with Crippen molar-refractivity contribution < 1.29 is 8.42 Å². The normalized spacial score (nSPS) is 23.3. The fourth-order valence-corrected chi connectivity index (χ4v) is 4.30. The van der Waals surface area contributed by atoms with Crippen molar-refractivity contribution in [3.8, 4) is 0 Å². The minimum absolute atomic E-state index is 0.0322. The van der Waals surface area contributed by atoms with Crippen LogP contribution in [-0.4, -0.2) is 32.5 Å². The van der Waals surface area contributed by atoms with Crippen LogP contribution in [0.25, 0.3) is 10.9 Å². The van der Waals surface area contributed by atoms with Crippen molar-refractivity contribution in [3.63, 3.8) is 0 Å². The van der Waals surface area contributed by atoms with Crippen molar-refractivity contribution in [3.05, 3.63) is 36.5 Å². The van der Waals surface area contributed by atoms with Crippen LogP contribution < -0.4 is 10.0 Å². The fraction of sp³-hybridized carbons (Fsp3) is 0.400. The van der Waals surface area contributed by atoms with Gasteiger partial charge >= 0.3 is 0 Å². The van der Waals surface area contributed by atoms with Gasteiger partial charge in [-0.25, -0.2) is 13.1 Å². The molecule has 1 aliphatic rings. The molecule has 6 heteroatoms. The number of hydrogen-bond donors (Lipinski definition) is 2. The van der Waals surface area contributed by atoms with Gasteiger partial charge in [0.25, 0.3) is 0 Å². The third-order valence-electron chi connectivity index (χ3n) is 3.98. The standard InChI is InChI=1S/C15H19N3O2S/c1-11-10-16-9-7-13(11)18-21(19,20)14-6-2-4-12-5-3-8-17-15(12)14/h2-6,8,11,13,16,18H,7,9-10H2,1H3. The summed E-state index contributed by atoms with van der Waals surface area (Å²) in [6.07, 6.45) is 2.42. The van der Waals surface area contributed by atoms with Gasteiger partial charge in [0, 0.05) is 17.6 Å². The summed E-state index contributed by atoms with van der Waals surface area (Å²) in [6.45, 7) is 3.73. The second-order valence-electron chi connectivity index (χ2n) is 5.53. The van der Waals surface area contributed by atoms with Gasteiger partial charge < -0.3 is 5.32 Å². The Hall–Kier alpha value is -1.50. The molecule has 0 radical (unpaired) electrons. The molecule has 1 aliphatic heterocycles. The Labute approximate surface area is 124 Å². The molecule has 1 fully saturated rings. The molecule has 2 atom stereocenters. The van der Waals surface area contributed by atoms with E-state index in [9.17, 15) is 8.42 Å². The van der Waals surface area contributed by atoms with Gasteiger partial charge in [-0.15, -0.1) is 0 Å². The predicted octanol–water partition coefficient (Wildman–Crippen LogP) is 1.51.